The summed E-state index contributed by atoms with van der Waals surface area (Å²) < 4.78 is 22.1. The Bertz CT molecular complexity index is 677. The third-order valence-electron chi connectivity index (χ3n) is 3.94. The van der Waals surface area contributed by atoms with Crippen LogP contribution in [0.1, 0.15) is 37.8 Å². The van der Waals surface area contributed by atoms with E-state index in [2.05, 4.69) is 19.1 Å². The van der Waals surface area contributed by atoms with Crippen LogP contribution in [-0.2, 0) is 0 Å². The van der Waals surface area contributed by atoms with E-state index in [1.807, 2.05) is 38.1 Å². The Kier molecular flexibility index (Phi) is 4.33. The molecule has 0 aliphatic carbocycles. The molecule has 0 amide bonds. The summed E-state index contributed by atoms with van der Waals surface area (Å²) in [5.41, 5.74) is 2.27. The monoisotopic (exact) mass is 314 g/mol. The van der Waals surface area contributed by atoms with Crippen LogP contribution in [0, 0.1) is 0 Å². The number of ether oxygens (including phenoxy) is 4. The van der Waals surface area contributed by atoms with E-state index in [9.17, 15) is 0 Å². The zero-order valence-electron chi connectivity index (χ0n) is 14.0. The second-order valence-electron chi connectivity index (χ2n) is 5.90. The Labute approximate surface area is 136 Å². The van der Waals surface area contributed by atoms with Gasteiger partial charge in [-0.25, -0.2) is 0 Å². The molecule has 0 aromatic heterocycles. The van der Waals surface area contributed by atoms with E-state index in [4.69, 9.17) is 18.9 Å². The van der Waals surface area contributed by atoms with Crippen molar-refractivity contribution in [3.8, 4) is 23.0 Å². The maximum atomic E-state index is 5.70. The van der Waals surface area contributed by atoms with Crippen molar-refractivity contribution in [2.45, 2.75) is 32.8 Å². The van der Waals surface area contributed by atoms with Gasteiger partial charge in [0.2, 0.25) is 6.79 Å². The summed E-state index contributed by atoms with van der Waals surface area (Å²) in [6.07, 6.45) is 0.173. The molecule has 0 saturated carbocycles. The van der Waals surface area contributed by atoms with Gasteiger partial charge in [0, 0.05) is 17.5 Å². The molecule has 122 valence electrons. The molecular formula is C19H22O4. The molecule has 3 rings (SSSR count). The van der Waals surface area contributed by atoms with Crippen molar-refractivity contribution >= 4 is 0 Å². The van der Waals surface area contributed by atoms with Gasteiger partial charge in [-0.05, 0) is 37.6 Å². The van der Waals surface area contributed by atoms with E-state index in [-0.39, 0.29) is 18.8 Å². The van der Waals surface area contributed by atoms with Gasteiger partial charge >= 0.3 is 0 Å². The zero-order valence-corrected chi connectivity index (χ0v) is 14.0. The number of fused-ring (bicyclic) bond motifs is 1. The molecule has 2 aromatic carbocycles. The second-order valence-corrected chi connectivity index (χ2v) is 5.90. The third kappa shape index (κ3) is 3.21. The number of hydrogen-bond acceptors (Lipinski definition) is 4. The topological polar surface area (TPSA) is 36.9 Å². The van der Waals surface area contributed by atoms with Gasteiger partial charge in [0.15, 0.2) is 11.5 Å². The van der Waals surface area contributed by atoms with Gasteiger partial charge in [-0.1, -0.05) is 19.1 Å². The average Bonchev–Trinajstić information content (AvgIpc) is 3.00. The Morgan fingerprint density at radius 3 is 2.22 bits per heavy atom. The summed E-state index contributed by atoms with van der Waals surface area (Å²) in [4.78, 5) is 0. The van der Waals surface area contributed by atoms with E-state index < -0.39 is 0 Å². The summed E-state index contributed by atoms with van der Waals surface area (Å²) in [6.45, 7) is 6.46. The van der Waals surface area contributed by atoms with Crippen molar-refractivity contribution in [1.29, 1.82) is 0 Å². The Hall–Kier alpha value is -2.36. The molecule has 4 nitrogen and oxygen atoms in total. The first-order valence-electron chi connectivity index (χ1n) is 7.82. The highest BCUT2D eigenvalue weighted by Gasteiger charge is 2.21. The SMILES string of the molecule is COc1cc2c(cc1C(C)c1ccc(OC(C)C)cc1)OCO2. The van der Waals surface area contributed by atoms with Crippen LogP contribution >= 0.6 is 0 Å². The molecule has 1 unspecified atom stereocenters. The first kappa shape index (κ1) is 15.5. The highest BCUT2D eigenvalue weighted by molar-refractivity contribution is 5.54. The molecule has 0 saturated heterocycles. The quantitative estimate of drug-likeness (QED) is 0.821. The molecule has 0 bridgehead atoms. The lowest BCUT2D eigenvalue weighted by Crippen LogP contribution is -2.05. The van der Waals surface area contributed by atoms with Crippen LogP contribution in [0.4, 0.5) is 0 Å². The van der Waals surface area contributed by atoms with Gasteiger partial charge in [-0.2, -0.15) is 0 Å². The Balaban J connectivity index is 1.89. The average molecular weight is 314 g/mol. The van der Waals surface area contributed by atoms with E-state index in [0.29, 0.717) is 0 Å². The zero-order chi connectivity index (χ0) is 16.4. The maximum Gasteiger partial charge on any atom is 0.231 e. The van der Waals surface area contributed by atoms with Gasteiger partial charge in [0.05, 0.1) is 13.2 Å². The molecular weight excluding hydrogens is 292 g/mol. The molecule has 1 heterocycles. The molecule has 2 aromatic rings. The highest BCUT2D eigenvalue weighted by atomic mass is 16.7. The van der Waals surface area contributed by atoms with Gasteiger partial charge in [0.25, 0.3) is 0 Å². The summed E-state index contributed by atoms with van der Waals surface area (Å²) in [7, 11) is 1.67. The minimum atomic E-state index is 0.173. The van der Waals surface area contributed by atoms with Crippen LogP contribution in [0.3, 0.4) is 0 Å². The minimum absolute atomic E-state index is 0.173. The van der Waals surface area contributed by atoms with Crippen molar-refractivity contribution in [3.05, 3.63) is 47.5 Å². The van der Waals surface area contributed by atoms with Crippen molar-refractivity contribution < 1.29 is 18.9 Å². The van der Waals surface area contributed by atoms with Crippen LogP contribution in [0.2, 0.25) is 0 Å². The fourth-order valence-corrected chi connectivity index (χ4v) is 2.74. The summed E-state index contributed by atoms with van der Waals surface area (Å²) in [5, 5.41) is 0. The second kappa shape index (κ2) is 6.41. The summed E-state index contributed by atoms with van der Waals surface area (Å²) in [5.74, 6) is 3.37. The highest BCUT2D eigenvalue weighted by Crippen LogP contribution is 2.42. The first-order valence-corrected chi connectivity index (χ1v) is 7.82. The van der Waals surface area contributed by atoms with Crippen LogP contribution in [0.5, 0.6) is 23.0 Å². The van der Waals surface area contributed by atoms with Crippen LogP contribution < -0.4 is 18.9 Å². The molecule has 1 aliphatic rings. The molecule has 23 heavy (non-hydrogen) atoms. The van der Waals surface area contributed by atoms with Gasteiger partial charge in [-0.3, -0.25) is 0 Å². The fourth-order valence-electron chi connectivity index (χ4n) is 2.74. The van der Waals surface area contributed by atoms with Gasteiger partial charge < -0.3 is 18.9 Å². The molecule has 1 atom stereocenters. The molecule has 0 spiro atoms. The summed E-state index contributed by atoms with van der Waals surface area (Å²) >= 11 is 0. The smallest absolute Gasteiger partial charge is 0.231 e. The number of rotatable bonds is 5. The maximum absolute atomic E-state index is 5.70. The van der Waals surface area contributed by atoms with Crippen molar-refractivity contribution in [3.63, 3.8) is 0 Å². The van der Waals surface area contributed by atoms with Crippen LogP contribution in [-0.4, -0.2) is 20.0 Å². The largest absolute Gasteiger partial charge is 0.496 e. The van der Waals surface area contributed by atoms with Crippen molar-refractivity contribution in [1.82, 2.24) is 0 Å². The third-order valence-corrected chi connectivity index (χ3v) is 3.94. The number of benzene rings is 2. The van der Waals surface area contributed by atoms with Crippen LogP contribution in [0.15, 0.2) is 36.4 Å². The molecule has 4 heteroatoms. The van der Waals surface area contributed by atoms with Gasteiger partial charge in [-0.15, -0.1) is 0 Å². The normalized spacial score (nSPS) is 14.0. The van der Waals surface area contributed by atoms with Crippen molar-refractivity contribution in [2.75, 3.05) is 13.9 Å². The lowest BCUT2D eigenvalue weighted by molar-refractivity contribution is 0.174. The number of methoxy groups -OCH3 is 1. The molecule has 0 radical (unpaired) electrons. The molecule has 0 fully saturated rings. The lowest BCUT2D eigenvalue weighted by atomic mass is 9.92. The van der Waals surface area contributed by atoms with E-state index in [0.717, 1.165) is 28.6 Å². The Morgan fingerprint density at radius 2 is 1.61 bits per heavy atom. The van der Waals surface area contributed by atoms with E-state index in [1.165, 1.54) is 5.56 Å². The predicted octanol–water partition coefficient (Wildman–Crippen LogP) is 4.36. The minimum Gasteiger partial charge on any atom is -0.496 e. The predicted molar refractivity (Wildman–Crippen MR) is 88.8 cm³/mol. The van der Waals surface area contributed by atoms with Gasteiger partial charge in [0.1, 0.15) is 11.5 Å². The summed E-state index contributed by atoms with van der Waals surface area (Å²) in [6, 6.07) is 12.1. The van der Waals surface area contributed by atoms with E-state index >= 15 is 0 Å². The lowest BCUT2D eigenvalue weighted by Gasteiger charge is -2.18. The first-order chi connectivity index (χ1) is 11.1. The standard InChI is InChI=1S/C19H22O4/c1-12(2)23-15-7-5-14(6-8-15)13(3)16-9-18-19(22-11-21-18)10-17(16)20-4/h5-10,12-13H,11H2,1-4H3. The van der Waals surface area contributed by atoms with Crippen LogP contribution in [0.25, 0.3) is 0 Å². The van der Waals surface area contributed by atoms with E-state index in [1.54, 1.807) is 7.11 Å². The number of hydrogen-bond donors (Lipinski definition) is 0. The Morgan fingerprint density at radius 1 is 0.957 bits per heavy atom. The fraction of sp³-hybridized carbons (Fsp3) is 0.368. The molecule has 1 aliphatic heterocycles. The van der Waals surface area contributed by atoms with Crippen molar-refractivity contribution in [2.24, 2.45) is 0 Å². The molecule has 0 N–H and O–H groups in total.